The molecule has 0 atom stereocenters. The number of anilines is 1. The molecule has 0 fully saturated rings. The Balaban J connectivity index is 2.97. The van der Waals surface area contributed by atoms with E-state index in [4.69, 9.17) is 5.26 Å². The second kappa shape index (κ2) is 3.67. The molecule has 6 nitrogen and oxygen atoms in total. The Morgan fingerprint density at radius 1 is 1.64 bits per heavy atom. The van der Waals surface area contributed by atoms with E-state index in [1.807, 2.05) is 6.07 Å². The van der Waals surface area contributed by atoms with E-state index < -0.39 is 15.3 Å². The third-order valence-corrected chi connectivity index (χ3v) is 3.35. The molecule has 0 spiro atoms. The quantitative estimate of drug-likeness (QED) is 0.762. The molecule has 1 heterocycles. The van der Waals surface area contributed by atoms with Crippen LogP contribution in [0.25, 0.3) is 0 Å². The first-order valence-electron chi connectivity index (χ1n) is 3.92. The summed E-state index contributed by atoms with van der Waals surface area (Å²) < 4.78 is 25.0. The van der Waals surface area contributed by atoms with Crippen LogP contribution in [0.2, 0.25) is 0 Å². The number of nitrogens with zero attached hydrogens (tertiary/aromatic N) is 2. The van der Waals surface area contributed by atoms with Crippen molar-refractivity contribution in [2.75, 3.05) is 4.72 Å². The lowest BCUT2D eigenvalue weighted by Gasteiger charge is -2.08. The van der Waals surface area contributed by atoms with Gasteiger partial charge in [-0.3, -0.25) is 9.82 Å². The molecule has 0 radical (unpaired) electrons. The average molecular weight is 214 g/mol. The molecule has 1 rings (SSSR count). The minimum absolute atomic E-state index is 0.112. The highest BCUT2D eigenvalue weighted by Crippen LogP contribution is 2.12. The van der Waals surface area contributed by atoms with Gasteiger partial charge in [-0.15, -0.1) is 0 Å². The van der Waals surface area contributed by atoms with Crippen molar-refractivity contribution in [3.05, 3.63) is 11.8 Å². The van der Waals surface area contributed by atoms with Crippen LogP contribution >= 0.6 is 0 Å². The number of nitrogens with one attached hydrogen (secondary N) is 2. The topological polar surface area (TPSA) is 98.6 Å². The van der Waals surface area contributed by atoms with Gasteiger partial charge in [-0.05, 0) is 13.8 Å². The van der Waals surface area contributed by atoms with Crippen LogP contribution in [0.4, 0.5) is 5.82 Å². The van der Waals surface area contributed by atoms with Crippen molar-refractivity contribution in [2.45, 2.75) is 19.1 Å². The van der Waals surface area contributed by atoms with Gasteiger partial charge in [0.1, 0.15) is 11.6 Å². The second-order valence-corrected chi connectivity index (χ2v) is 5.20. The van der Waals surface area contributed by atoms with Gasteiger partial charge in [0, 0.05) is 0 Å². The van der Waals surface area contributed by atoms with E-state index in [1.165, 1.54) is 6.20 Å². The number of sulfonamides is 1. The van der Waals surface area contributed by atoms with Crippen LogP contribution in [-0.2, 0) is 10.0 Å². The Labute approximate surface area is 82.0 Å². The predicted octanol–water partition coefficient (Wildman–Crippen LogP) is 0.431. The lowest BCUT2D eigenvalue weighted by Crippen LogP contribution is -2.23. The standard InChI is InChI=1S/C7H10N4O2S/c1-5(2)14(12,13)11-7-6(3-8)4-9-10-7/h4-5H,1-2H3,(H2,9,10,11). The van der Waals surface area contributed by atoms with Crippen molar-refractivity contribution in [3.8, 4) is 6.07 Å². The summed E-state index contributed by atoms with van der Waals surface area (Å²) in [6, 6.07) is 1.82. The largest absolute Gasteiger partial charge is 0.266 e. The lowest BCUT2D eigenvalue weighted by molar-refractivity contribution is 0.592. The van der Waals surface area contributed by atoms with Gasteiger partial charge in [0.25, 0.3) is 0 Å². The molecule has 2 N–H and O–H groups in total. The first kappa shape index (κ1) is 10.5. The SMILES string of the molecule is CC(C)S(=O)(=O)Nc1[nH]ncc1C#N. The van der Waals surface area contributed by atoms with E-state index in [-0.39, 0.29) is 11.4 Å². The monoisotopic (exact) mass is 214 g/mol. The van der Waals surface area contributed by atoms with Gasteiger partial charge in [-0.25, -0.2) is 8.42 Å². The van der Waals surface area contributed by atoms with Crippen LogP contribution in [0.1, 0.15) is 19.4 Å². The fraction of sp³-hybridized carbons (Fsp3) is 0.429. The molecule has 0 aliphatic heterocycles. The van der Waals surface area contributed by atoms with Crippen molar-refractivity contribution < 1.29 is 8.42 Å². The van der Waals surface area contributed by atoms with Crippen LogP contribution in [0.3, 0.4) is 0 Å². The maximum Gasteiger partial charge on any atom is 0.236 e. The van der Waals surface area contributed by atoms with Crippen molar-refractivity contribution in [3.63, 3.8) is 0 Å². The minimum atomic E-state index is -3.43. The van der Waals surface area contributed by atoms with E-state index in [0.29, 0.717) is 0 Å². The maximum atomic E-state index is 11.4. The number of hydrogen-bond acceptors (Lipinski definition) is 4. The average Bonchev–Trinajstić information content (AvgIpc) is 2.50. The Morgan fingerprint density at radius 2 is 2.29 bits per heavy atom. The van der Waals surface area contributed by atoms with E-state index >= 15 is 0 Å². The highest BCUT2D eigenvalue weighted by molar-refractivity contribution is 7.93. The molecule has 0 aliphatic carbocycles. The fourth-order valence-electron chi connectivity index (χ4n) is 0.709. The van der Waals surface area contributed by atoms with Gasteiger partial charge < -0.3 is 0 Å². The van der Waals surface area contributed by atoms with E-state index in [2.05, 4.69) is 14.9 Å². The van der Waals surface area contributed by atoms with Crippen LogP contribution in [-0.4, -0.2) is 23.9 Å². The predicted molar refractivity (Wildman–Crippen MR) is 51.0 cm³/mol. The van der Waals surface area contributed by atoms with Crippen LogP contribution in [0, 0.1) is 11.3 Å². The van der Waals surface area contributed by atoms with Gasteiger partial charge in [-0.2, -0.15) is 10.4 Å². The molecule has 0 unspecified atom stereocenters. The Hall–Kier alpha value is -1.55. The molecule has 0 aliphatic rings. The molecule has 14 heavy (non-hydrogen) atoms. The number of H-pyrrole nitrogens is 1. The second-order valence-electron chi connectivity index (χ2n) is 2.97. The van der Waals surface area contributed by atoms with Gasteiger partial charge in [0.15, 0.2) is 5.82 Å². The van der Waals surface area contributed by atoms with Gasteiger partial charge in [-0.1, -0.05) is 0 Å². The molecular formula is C7H10N4O2S. The van der Waals surface area contributed by atoms with E-state index in [0.717, 1.165) is 0 Å². The summed E-state index contributed by atoms with van der Waals surface area (Å²) in [5.74, 6) is 0.112. The first-order chi connectivity index (χ1) is 6.47. The maximum absolute atomic E-state index is 11.4. The van der Waals surface area contributed by atoms with E-state index in [9.17, 15) is 8.42 Å². The molecule has 1 aromatic rings. The molecule has 0 aromatic carbocycles. The summed E-state index contributed by atoms with van der Waals surface area (Å²) >= 11 is 0. The van der Waals surface area contributed by atoms with Crippen LogP contribution in [0.15, 0.2) is 6.20 Å². The summed E-state index contributed by atoms with van der Waals surface area (Å²) in [6.45, 7) is 3.09. The molecule has 7 heteroatoms. The Bertz CT molecular complexity index is 454. The molecule has 0 amide bonds. The van der Waals surface area contributed by atoms with Gasteiger partial charge in [0.2, 0.25) is 10.0 Å². The normalized spacial score (nSPS) is 11.3. The van der Waals surface area contributed by atoms with Crippen molar-refractivity contribution in [1.29, 1.82) is 5.26 Å². The van der Waals surface area contributed by atoms with Crippen LogP contribution < -0.4 is 4.72 Å². The number of hydrogen-bond donors (Lipinski definition) is 2. The van der Waals surface area contributed by atoms with E-state index in [1.54, 1.807) is 13.8 Å². The molecule has 0 saturated carbocycles. The zero-order chi connectivity index (χ0) is 10.8. The molecule has 0 saturated heterocycles. The summed E-state index contributed by atoms with van der Waals surface area (Å²) in [5.41, 5.74) is 0.175. The number of nitriles is 1. The minimum Gasteiger partial charge on any atom is -0.266 e. The van der Waals surface area contributed by atoms with Crippen molar-refractivity contribution in [2.24, 2.45) is 0 Å². The first-order valence-corrected chi connectivity index (χ1v) is 5.47. The zero-order valence-corrected chi connectivity index (χ0v) is 8.59. The highest BCUT2D eigenvalue weighted by Gasteiger charge is 2.18. The number of rotatable bonds is 3. The van der Waals surface area contributed by atoms with Crippen molar-refractivity contribution in [1.82, 2.24) is 10.2 Å². The van der Waals surface area contributed by atoms with Gasteiger partial charge in [0.05, 0.1) is 11.4 Å². The van der Waals surface area contributed by atoms with Crippen molar-refractivity contribution >= 4 is 15.8 Å². The molecule has 1 aromatic heterocycles. The zero-order valence-electron chi connectivity index (χ0n) is 7.77. The Morgan fingerprint density at radius 3 is 2.79 bits per heavy atom. The lowest BCUT2D eigenvalue weighted by atomic mass is 10.4. The summed E-state index contributed by atoms with van der Waals surface area (Å²) in [4.78, 5) is 0. The number of aromatic amines is 1. The van der Waals surface area contributed by atoms with Crippen LogP contribution in [0.5, 0.6) is 0 Å². The third kappa shape index (κ3) is 2.03. The number of aromatic nitrogens is 2. The fourth-order valence-corrected chi connectivity index (χ4v) is 1.38. The van der Waals surface area contributed by atoms with Gasteiger partial charge >= 0.3 is 0 Å². The smallest absolute Gasteiger partial charge is 0.236 e. The third-order valence-electron chi connectivity index (χ3n) is 1.62. The molecule has 76 valence electrons. The summed E-state index contributed by atoms with van der Waals surface area (Å²) in [6.07, 6.45) is 1.26. The molecule has 0 bridgehead atoms. The highest BCUT2D eigenvalue weighted by atomic mass is 32.2. The summed E-state index contributed by atoms with van der Waals surface area (Å²) in [7, 11) is -3.43. The summed E-state index contributed by atoms with van der Waals surface area (Å²) in [5, 5.41) is 14.0. The molecular weight excluding hydrogens is 204 g/mol. The Kier molecular flexibility index (Phi) is 2.76.